The Morgan fingerprint density at radius 2 is 2.09 bits per heavy atom. The number of benzene rings is 1. The van der Waals surface area contributed by atoms with E-state index in [1.165, 1.54) is 36.8 Å². The molecule has 1 fully saturated rings. The fourth-order valence-corrected chi connectivity index (χ4v) is 4.79. The van der Waals surface area contributed by atoms with E-state index in [-0.39, 0.29) is 5.91 Å². The van der Waals surface area contributed by atoms with Crippen LogP contribution in [-0.4, -0.2) is 23.2 Å². The van der Waals surface area contributed by atoms with Crippen LogP contribution in [0.1, 0.15) is 37.1 Å². The lowest BCUT2D eigenvalue weighted by molar-refractivity contribution is -0.118. The maximum Gasteiger partial charge on any atom is 0.230 e. The second-order valence-electron chi connectivity index (χ2n) is 5.88. The van der Waals surface area contributed by atoms with E-state index in [1.807, 2.05) is 18.2 Å². The van der Waals surface area contributed by atoms with Gasteiger partial charge < -0.3 is 5.32 Å². The Bertz CT molecular complexity index is 587. The maximum absolute atomic E-state index is 11.9. The Hall–Kier alpha value is -1.07. The minimum atomic E-state index is 0.164. The Balaban J connectivity index is 1.37. The molecule has 1 aliphatic rings. The topological polar surface area (TPSA) is 42.0 Å². The molecule has 0 saturated heterocycles. The average Bonchev–Trinajstić information content (AvgIpc) is 2.96. The van der Waals surface area contributed by atoms with E-state index in [9.17, 15) is 4.79 Å². The number of aromatic nitrogens is 1. The fourth-order valence-electron chi connectivity index (χ4n) is 2.91. The summed E-state index contributed by atoms with van der Waals surface area (Å²) >= 11 is 3.37. The first-order valence-electron chi connectivity index (χ1n) is 8.00. The second kappa shape index (κ2) is 7.97. The van der Waals surface area contributed by atoms with Gasteiger partial charge in [0.2, 0.25) is 5.91 Å². The molecule has 1 aromatic carbocycles. The molecule has 0 spiro atoms. The van der Waals surface area contributed by atoms with Gasteiger partial charge in [-0.3, -0.25) is 4.79 Å². The van der Waals surface area contributed by atoms with Crippen LogP contribution >= 0.6 is 23.1 Å². The van der Waals surface area contributed by atoms with E-state index in [2.05, 4.69) is 16.4 Å². The third kappa shape index (κ3) is 4.46. The van der Waals surface area contributed by atoms with Gasteiger partial charge in [-0.2, -0.15) is 0 Å². The zero-order valence-electron chi connectivity index (χ0n) is 12.7. The highest BCUT2D eigenvalue weighted by Gasteiger charge is 2.14. The van der Waals surface area contributed by atoms with Crippen molar-refractivity contribution in [1.29, 1.82) is 0 Å². The lowest BCUT2D eigenvalue weighted by atomic mass is 9.89. The number of rotatable bonds is 6. The van der Waals surface area contributed by atoms with E-state index in [1.54, 1.807) is 23.1 Å². The predicted octanol–water partition coefficient (Wildman–Crippen LogP) is 4.23. The molecule has 1 aliphatic carbocycles. The number of thiazole rings is 1. The van der Waals surface area contributed by atoms with E-state index in [0.717, 1.165) is 22.8 Å². The molecule has 0 radical (unpaired) electrons. The molecule has 1 saturated carbocycles. The molecule has 22 heavy (non-hydrogen) atoms. The molecule has 118 valence electrons. The van der Waals surface area contributed by atoms with Crippen LogP contribution in [0.5, 0.6) is 0 Å². The van der Waals surface area contributed by atoms with Crippen molar-refractivity contribution in [3.05, 3.63) is 29.3 Å². The van der Waals surface area contributed by atoms with Gasteiger partial charge in [-0.05, 0) is 30.9 Å². The number of nitrogens with zero attached hydrogens (tertiary/aromatic N) is 1. The van der Waals surface area contributed by atoms with Gasteiger partial charge in [0.15, 0.2) is 0 Å². The van der Waals surface area contributed by atoms with Crippen LogP contribution in [0.25, 0.3) is 10.2 Å². The quantitative estimate of drug-likeness (QED) is 0.860. The molecular formula is C17H22N2OS2. The summed E-state index contributed by atoms with van der Waals surface area (Å²) in [5.41, 5.74) is 1.06. The summed E-state index contributed by atoms with van der Waals surface area (Å²) in [5, 5.41) is 4.19. The van der Waals surface area contributed by atoms with Crippen molar-refractivity contribution < 1.29 is 4.79 Å². The average molecular weight is 335 g/mol. The molecule has 1 heterocycles. The first-order chi connectivity index (χ1) is 10.8. The molecule has 2 aromatic rings. The highest BCUT2D eigenvalue weighted by molar-refractivity contribution is 7.99. The minimum absolute atomic E-state index is 0.164. The van der Waals surface area contributed by atoms with Crippen molar-refractivity contribution in [2.75, 3.05) is 12.3 Å². The number of hydrogen-bond acceptors (Lipinski definition) is 4. The maximum atomic E-state index is 11.9. The van der Waals surface area contributed by atoms with Crippen molar-refractivity contribution in [3.63, 3.8) is 0 Å². The lowest BCUT2D eigenvalue weighted by Gasteiger charge is -2.21. The molecular weight excluding hydrogens is 312 g/mol. The summed E-state index contributed by atoms with van der Waals surface area (Å²) in [7, 11) is 0. The molecule has 1 amide bonds. The van der Waals surface area contributed by atoms with Gasteiger partial charge in [-0.15, -0.1) is 23.1 Å². The molecule has 0 bridgehead atoms. The van der Waals surface area contributed by atoms with Crippen molar-refractivity contribution in [2.45, 2.75) is 37.9 Å². The van der Waals surface area contributed by atoms with E-state index < -0.39 is 0 Å². The Kier molecular flexibility index (Phi) is 5.73. The summed E-state index contributed by atoms with van der Waals surface area (Å²) in [6.07, 6.45) is 6.57. The first-order valence-corrected chi connectivity index (χ1v) is 9.97. The number of fused-ring (bicyclic) bond motifs is 1. The Morgan fingerprint density at radius 1 is 1.27 bits per heavy atom. The number of nitrogens with one attached hydrogen (secondary N) is 1. The van der Waals surface area contributed by atoms with Gasteiger partial charge in [-0.25, -0.2) is 4.98 Å². The molecule has 1 N–H and O–H groups in total. The van der Waals surface area contributed by atoms with Crippen LogP contribution in [0.3, 0.4) is 0 Å². The van der Waals surface area contributed by atoms with Gasteiger partial charge in [-0.1, -0.05) is 31.4 Å². The third-order valence-corrected chi connectivity index (χ3v) is 6.27. The van der Waals surface area contributed by atoms with Crippen molar-refractivity contribution in [1.82, 2.24) is 10.3 Å². The van der Waals surface area contributed by atoms with E-state index in [0.29, 0.717) is 11.7 Å². The van der Waals surface area contributed by atoms with Crippen LogP contribution < -0.4 is 5.32 Å². The van der Waals surface area contributed by atoms with Gasteiger partial charge in [0, 0.05) is 12.3 Å². The minimum Gasteiger partial charge on any atom is -0.355 e. The molecule has 3 rings (SSSR count). The molecule has 5 heteroatoms. The molecule has 0 atom stereocenters. The van der Waals surface area contributed by atoms with Crippen LogP contribution in [-0.2, 0) is 10.5 Å². The summed E-state index contributed by atoms with van der Waals surface area (Å²) in [5.74, 6) is 2.21. The number of amides is 1. The SMILES string of the molecule is O=C(CSCc1nc2ccccc2s1)NCC1CCCCC1. The van der Waals surface area contributed by atoms with Crippen LogP contribution in [0.4, 0.5) is 0 Å². The second-order valence-corrected chi connectivity index (χ2v) is 7.98. The molecule has 3 nitrogen and oxygen atoms in total. The van der Waals surface area contributed by atoms with Crippen molar-refractivity contribution in [2.24, 2.45) is 5.92 Å². The van der Waals surface area contributed by atoms with Gasteiger partial charge in [0.25, 0.3) is 0 Å². The van der Waals surface area contributed by atoms with Gasteiger partial charge >= 0.3 is 0 Å². The molecule has 0 unspecified atom stereocenters. The Labute approximate surface area is 139 Å². The number of carbonyl (C=O) groups is 1. The molecule has 1 aromatic heterocycles. The van der Waals surface area contributed by atoms with Crippen molar-refractivity contribution in [3.8, 4) is 0 Å². The smallest absolute Gasteiger partial charge is 0.230 e. The summed E-state index contributed by atoms with van der Waals surface area (Å²) in [6.45, 7) is 0.862. The number of thioether (sulfide) groups is 1. The van der Waals surface area contributed by atoms with Crippen LogP contribution in [0.2, 0.25) is 0 Å². The predicted molar refractivity (Wildman–Crippen MR) is 95.4 cm³/mol. The third-order valence-electron chi connectivity index (χ3n) is 4.11. The summed E-state index contributed by atoms with van der Waals surface area (Å²) in [6, 6.07) is 8.18. The van der Waals surface area contributed by atoms with Gasteiger partial charge in [0.05, 0.1) is 16.0 Å². The summed E-state index contributed by atoms with van der Waals surface area (Å²) in [4.78, 5) is 16.5. The zero-order chi connectivity index (χ0) is 15.2. The summed E-state index contributed by atoms with van der Waals surface area (Å²) < 4.78 is 1.22. The standard InChI is InChI=1S/C17H22N2OS2/c20-16(18-10-13-6-2-1-3-7-13)11-21-12-17-19-14-8-4-5-9-15(14)22-17/h4-5,8-9,13H,1-3,6-7,10-12H2,(H,18,20). The molecule has 0 aliphatic heterocycles. The normalized spacial score (nSPS) is 16.0. The van der Waals surface area contributed by atoms with E-state index in [4.69, 9.17) is 0 Å². The number of para-hydroxylation sites is 1. The van der Waals surface area contributed by atoms with Gasteiger partial charge in [0.1, 0.15) is 5.01 Å². The number of hydrogen-bond donors (Lipinski definition) is 1. The Morgan fingerprint density at radius 3 is 2.91 bits per heavy atom. The van der Waals surface area contributed by atoms with Crippen LogP contribution in [0.15, 0.2) is 24.3 Å². The largest absolute Gasteiger partial charge is 0.355 e. The van der Waals surface area contributed by atoms with E-state index >= 15 is 0 Å². The first kappa shape index (κ1) is 15.8. The zero-order valence-corrected chi connectivity index (χ0v) is 14.3. The fraction of sp³-hybridized carbons (Fsp3) is 0.529. The van der Waals surface area contributed by atoms with Crippen molar-refractivity contribution >= 4 is 39.2 Å². The highest BCUT2D eigenvalue weighted by atomic mass is 32.2. The highest BCUT2D eigenvalue weighted by Crippen LogP contribution is 2.25. The monoisotopic (exact) mass is 334 g/mol. The lowest BCUT2D eigenvalue weighted by Crippen LogP contribution is -2.31. The van der Waals surface area contributed by atoms with Crippen LogP contribution in [0, 0.1) is 5.92 Å². The number of carbonyl (C=O) groups excluding carboxylic acids is 1.